The van der Waals surface area contributed by atoms with Crippen LogP contribution in [0.15, 0.2) is 61.1 Å². The average Bonchev–Trinajstić information content (AvgIpc) is 3.13. The average molecular weight is 352 g/mol. The van der Waals surface area contributed by atoms with Gasteiger partial charge in [-0.15, -0.1) is 0 Å². The minimum Gasteiger partial charge on any atom is -0.382 e. The summed E-state index contributed by atoms with van der Waals surface area (Å²) in [6.07, 6.45) is 5.68. The molecule has 1 aromatic carbocycles. The van der Waals surface area contributed by atoms with Crippen molar-refractivity contribution in [2.75, 3.05) is 33.5 Å². The van der Waals surface area contributed by atoms with Crippen molar-refractivity contribution in [1.82, 2.24) is 20.1 Å². The van der Waals surface area contributed by atoms with Gasteiger partial charge in [0.05, 0.1) is 31.2 Å². The molecule has 0 atom stereocenters. The molecule has 0 bridgehead atoms. The number of nitrogens with zero attached hydrogens (tertiary/aromatic N) is 3. The molecule has 0 spiro atoms. The molecule has 0 aliphatic carbocycles. The minimum absolute atomic E-state index is 0.616. The molecule has 0 aliphatic heterocycles. The largest absolute Gasteiger partial charge is 0.382 e. The monoisotopic (exact) mass is 352 g/mol. The van der Waals surface area contributed by atoms with Crippen molar-refractivity contribution >= 4 is 0 Å². The molecule has 0 radical (unpaired) electrons. The van der Waals surface area contributed by atoms with E-state index in [1.165, 1.54) is 0 Å². The van der Waals surface area contributed by atoms with Gasteiger partial charge >= 0.3 is 0 Å². The summed E-state index contributed by atoms with van der Waals surface area (Å²) in [6, 6.07) is 14.1. The topological polar surface area (TPSA) is 61.2 Å². The van der Waals surface area contributed by atoms with Crippen LogP contribution in [0.3, 0.4) is 0 Å². The van der Waals surface area contributed by atoms with Crippen LogP contribution in [0, 0.1) is 0 Å². The maximum absolute atomic E-state index is 5.48. The molecule has 1 N–H and O–H groups in total. The first-order valence-electron chi connectivity index (χ1n) is 8.70. The van der Waals surface area contributed by atoms with Gasteiger partial charge in [0, 0.05) is 49.9 Å². The predicted octanol–water partition coefficient (Wildman–Crippen LogP) is 2.69. The number of ether oxygens (including phenoxy) is 2. The summed E-state index contributed by atoms with van der Waals surface area (Å²) in [7, 11) is 1.67. The van der Waals surface area contributed by atoms with Crippen LogP contribution >= 0.6 is 0 Å². The van der Waals surface area contributed by atoms with Crippen LogP contribution in [0.5, 0.6) is 0 Å². The second-order valence-corrected chi connectivity index (χ2v) is 5.81. The van der Waals surface area contributed by atoms with Gasteiger partial charge in [-0.1, -0.05) is 18.2 Å². The third kappa shape index (κ3) is 4.98. The number of nitrogens with one attached hydrogen (secondary N) is 1. The lowest BCUT2D eigenvalue weighted by Crippen LogP contribution is -2.20. The molecule has 136 valence electrons. The molecule has 0 amide bonds. The Morgan fingerprint density at radius 2 is 1.92 bits per heavy atom. The van der Waals surface area contributed by atoms with Gasteiger partial charge in [0.2, 0.25) is 0 Å². The zero-order chi connectivity index (χ0) is 18.0. The molecular formula is C20H24N4O2. The molecular weight excluding hydrogens is 328 g/mol. The highest BCUT2D eigenvalue weighted by Gasteiger charge is 2.12. The van der Waals surface area contributed by atoms with Gasteiger partial charge in [-0.2, -0.15) is 5.10 Å². The SMILES string of the molecule is COCCOCCNCc1cn(-c2ccccc2)nc1-c1cccnc1. The van der Waals surface area contributed by atoms with Gasteiger partial charge < -0.3 is 14.8 Å². The molecule has 3 aromatic rings. The van der Waals surface area contributed by atoms with Gasteiger partial charge in [0.25, 0.3) is 0 Å². The highest BCUT2D eigenvalue weighted by Crippen LogP contribution is 2.22. The number of pyridine rings is 1. The third-order valence-corrected chi connectivity index (χ3v) is 3.92. The van der Waals surface area contributed by atoms with Crippen molar-refractivity contribution in [2.45, 2.75) is 6.54 Å². The Bertz CT molecular complexity index is 775. The second kappa shape index (κ2) is 9.82. The van der Waals surface area contributed by atoms with Gasteiger partial charge in [-0.3, -0.25) is 4.98 Å². The van der Waals surface area contributed by atoms with Crippen LogP contribution in [0.4, 0.5) is 0 Å². The number of para-hydroxylation sites is 1. The van der Waals surface area contributed by atoms with Crippen LogP contribution in [0.25, 0.3) is 16.9 Å². The first-order chi connectivity index (χ1) is 12.9. The number of aromatic nitrogens is 3. The van der Waals surface area contributed by atoms with Crippen LogP contribution in [-0.2, 0) is 16.0 Å². The molecule has 6 heteroatoms. The normalized spacial score (nSPS) is 11.0. The number of rotatable bonds is 10. The van der Waals surface area contributed by atoms with Crippen LogP contribution in [-0.4, -0.2) is 48.2 Å². The summed E-state index contributed by atoms with van der Waals surface area (Å²) < 4.78 is 12.4. The summed E-state index contributed by atoms with van der Waals surface area (Å²) in [5.74, 6) is 0. The molecule has 26 heavy (non-hydrogen) atoms. The van der Waals surface area contributed by atoms with E-state index >= 15 is 0 Å². The molecule has 0 aliphatic rings. The highest BCUT2D eigenvalue weighted by atomic mass is 16.5. The Morgan fingerprint density at radius 3 is 2.69 bits per heavy atom. The minimum atomic E-state index is 0.616. The Kier molecular flexibility index (Phi) is 6.89. The summed E-state index contributed by atoms with van der Waals surface area (Å²) in [6.45, 7) is 3.37. The summed E-state index contributed by atoms with van der Waals surface area (Å²) in [5.41, 5.74) is 4.11. The van der Waals surface area contributed by atoms with Crippen molar-refractivity contribution in [3.63, 3.8) is 0 Å². The number of methoxy groups -OCH3 is 1. The number of hydrogen-bond acceptors (Lipinski definition) is 5. The van der Waals surface area contributed by atoms with Crippen molar-refractivity contribution in [2.24, 2.45) is 0 Å². The van der Waals surface area contributed by atoms with E-state index in [0.29, 0.717) is 26.4 Å². The zero-order valence-electron chi connectivity index (χ0n) is 15.0. The number of benzene rings is 1. The maximum Gasteiger partial charge on any atom is 0.0988 e. The van der Waals surface area contributed by atoms with E-state index in [2.05, 4.69) is 16.5 Å². The lowest BCUT2D eigenvalue weighted by molar-refractivity contribution is 0.0719. The van der Waals surface area contributed by atoms with E-state index in [0.717, 1.165) is 29.1 Å². The third-order valence-electron chi connectivity index (χ3n) is 3.92. The van der Waals surface area contributed by atoms with E-state index in [1.54, 1.807) is 13.3 Å². The summed E-state index contributed by atoms with van der Waals surface area (Å²) in [4.78, 5) is 4.22. The Hall–Kier alpha value is -2.54. The molecule has 0 fully saturated rings. The van der Waals surface area contributed by atoms with Gasteiger partial charge in [0.15, 0.2) is 0 Å². The first-order valence-corrected chi connectivity index (χ1v) is 8.70. The standard InChI is InChI=1S/C20H24N4O2/c1-25-12-13-26-11-10-22-15-18-16-24(19-7-3-2-4-8-19)23-20(18)17-6-5-9-21-14-17/h2-9,14,16,22H,10-13,15H2,1H3. The van der Waals surface area contributed by atoms with Crippen LogP contribution in [0.1, 0.15) is 5.56 Å². The van der Waals surface area contributed by atoms with Crippen molar-refractivity contribution in [1.29, 1.82) is 0 Å². The zero-order valence-corrected chi connectivity index (χ0v) is 15.0. The van der Waals surface area contributed by atoms with E-state index in [4.69, 9.17) is 14.6 Å². The molecule has 0 saturated carbocycles. The van der Waals surface area contributed by atoms with E-state index < -0.39 is 0 Å². The molecule has 0 unspecified atom stereocenters. The van der Waals surface area contributed by atoms with Crippen molar-refractivity contribution < 1.29 is 9.47 Å². The summed E-state index contributed by atoms with van der Waals surface area (Å²) >= 11 is 0. The molecule has 6 nitrogen and oxygen atoms in total. The van der Waals surface area contributed by atoms with Crippen molar-refractivity contribution in [3.05, 3.63) is 66.6 Å². The quantitative estimate of drug-likeness (QED) is 0.569. The fraction of sp³-hybridized carbons (Fsp3) is 0.300. The van der Waals surface area contributed by atoms with Crippen LogP contribution in [0.2, 0.25) is 0 Å². The molecule has 0 saturated heterocycles. The van der Waals surface area contributed by atoms with Gasteiger partial charge in [-0.25, -0.2) is 4.68 Å². The van der Waals surface area contributed by atoms with Crippen molar-refractivity contribution in [3.8, 4) is 16.9 Å². The lowest BCUT2D eigenvalue weighted by Gasteiger charge is -2.06. The second-order valence-electron chi connectivity index (χ2n) is 5.81. The van der Waals surface area contributed by atoms with E-state index in [1.807, 2.05) is 53.3 Å². The Balaban J connectivity index is 1.70. The van der Waals surface area contributed by atoms with Crippen LogP contribution < -0.4 is 5.32 Å². The Morgan fingerprint density at radius 1 is 1.04 bits per heavy atom. The summed E-state index contributed by atoms with van der Waals surface area (Å²) in [5, 5.41) is 8.19. The Labute approximate surface area is 153 Å². The maximum atomic E-state index is 5.48. The smallest absolute Gasteiger partial charge is 0.0988 e. The highest BCUT2D eigenvalue weighted by molar-refractivity contribution is 5.62. The fourth-order valence-corrected chi connectivity index (χ4v) is 2.61. The molecule has 3 rings (SSSR count). The lowest BCUT2D eigenvalue weighted by atomic mass is 10.1. The number of hydrogen-bond donors (Lipinski definition) is 1. The molecule has 2 aromatic heterocycles. The fourth-order valence-electron chi connectivity index (χ4n) is 2.61. The van der Waals surface area contributed by atoms with E-state index in [-0.39, 0.29) is 0 Å². The van der Waals surface area contributed by atoms with Gasteiger partial charge in [-0.05, 0) is 24.3 Å². The first kappa shape index (κ1) is 18.3. The van der Waals surface area contributed by atoms with Gasteiger partial charge in [0.1, 0.15) is 0 Å². The predicted molar refractivity (Wildman–Crippen MR) is 101 cm³/mol. The molecule has 2 heterocycles. The van der Waals surface area contributed by atoms with E-state index in [9.17, 15) is 0 Å².